The Bertz CT molecular complexity index is 1020. The molecule has 2 aromatic carbocycles. The van der Waals surface area contributed by atoms with Crippen molar-refractivity contribution in [2.45, 2.75) is 20.3 Å². The van der Waals surface area contributed by atoms with Crippen LogP contribution >= 0.6 is 0 Å². The van der Waals surface area contributed by atoms with Crippen LogP contribution in [-0.4, -0.2) is 14.4 Å². The molecule has 0 unspecified atom stereocenters. The normalized spacial score (nSPS) is 11.0. The van der Waals surface area contributed by atoms with Gasteiger partial charge in [-0.1, -0.05) is 55.5 Å². The second kappa shape index (κ2) is 6.40. The number of para-hydroxylation sites is 1. The molecule has 0 fully saturated rings. The van der Waals surface area contributed by atoms with Gasteiger partial charge in [0, 0.05) is 23.6 Å². The fraction of sp³-hybridized carbons (Fsp3) is 0.143. The Morgan fingerprint density at radius 3 is 2.64 bits per heavy atom. The molecule has 0 saturated carbocycles. The molecule has 124 valence electrons. The molecule has 0 spiro atoms. The number of aryl methyl sites for hydroxylation is 2. The molecule has 2 heterocycles. The lowest BCUT2D eigenvalue weighted by Crippen LogP contribution is -2.02. The van der Waals surface area contributed by atoms with Crippen molar-refractivity contribution >= 4 is 17.3 Å². The summed E-state index contributed by atoms with van der Waals surface area (Å²) in [5.41, 5.74) is 5.63. The van der Waals surface area contributed by atoms with Crippen LogP contribution in [0.5, 0.6) is 0 Å². The third kappa shape index (κ3) is 2.76. The van der Waals surface area contributed by atoms with Crippen LogP contribution < -0.4 is 5.32 Å². The third-order valence-corrected chi connectivity index (χ3v) is 4.43. The molecule has 4 nitrogen and oxygen atoms in total. The standard InChI is InChI=1S/C21H20N4/c1-3-16-12-7-9-15(2)18(16)23-20-19(17-10-5-4-6-11-17)24-21-22-13-8-14-25(20)21/h4-14,23H,3H2,1-2H3. The summed E-state index contributed by atoms with van der Waals surface area (Å²) < 4.78 is 2.01. The molecule has 0 amide bonds. The zero-order valence-corrected chi connectivity index (χ0v) is 14.4. The lowest BCUT2D eigenvalue weighted by atomic mass is 10.1. The smallest absolute Gasteiger partial charge is 0.235 e. The van der Waals surface area contributed by atoms with Crippen LogP contribution in [0.3, 0.4) is 0 Å². The van der Waals surface area contributed by atoms with Gasteiger partial charge in [0.25, 0.3) is 0 Å². The van der Waals surface area contributed by atoms with Crippen LogP contribution in [0.2, 0.25) is 0 Å². The van der Waals surface area contributed by atoms with E-state index in [-0.39, 0.29) is 0 Å². The zero-order valence-electron chi connectivity index (χ0n) is 14.4. The van der Waals surface area contributed by atoms with Crippen molar-refractivity contribution in [1.29, 1.82) is 0 Å². The van der Waals surface area contributed by atoms with E-state index >= 15 is 0 Å². The van der Waals surface area contributed by atoms with Gasteiger partial charge in [-0.05, 0) is 30.5 Å². The largest absolute Gasteiger partial charge is 0.339 e. The average molecular weight is 328 g/mol. The lowest BCUT2D eigenvalue weighted by molar-refractivity contribution is 1.10. The molecule has 0 aliphatic heterocycles. The minimum atomic E-state index is 0.690. The summed E-state index contributed by atoms with van der Waals surface area (Å²) in [6, 6.07) is 18.5. The molecule has 4 rings (SSSR count). The van der Waals surface area contributed by atoms with E-state index in [1.54, 1.807) is 6.20 Å². The van der Waals surface area contributed by atoms with Gasteiger partial charge in [-0.25, -0.2) is 9.97 Å². The zero-order chi connectivity index (χ0) is 17.2. The Morgan fingerprint density at radius 1 is 1.00 bits per heavy atom. The van der Waals surface area contributed by atoms with Gasteiger partial charge in [-0.15, -0.1) is 0 Å². The minimum absolute atomic E-state index is 0.690. The SMILES string of the molecule is CCc1cccc(C)c1Nc1c(-c2ccccc2)nc2ncccn12. The first kappa shape index (κ1) is 15.4. The van der Waals surface area contributed by atoms with E-state index in [9.17, 15) is 0 Å². The van der Waals surface area contributed by atoms with Gasteiger partial charge in [0.15, 0.2) is 0 Å². The predicted octanol–water partition coefficient (Wildman–Crippen LogP) is 5.01. The molecule has 2 aromatic heterocycles. The van der Waals surface area contributed by atoms with Crippen molar-refractivity contribution in [3.63, 3.8) is 0 Å². The lowest BCUT2D eigenvalue weighted by Gasteiger charge is -2.15. The molecule has 4 aromatic rings. The number of aromatic nitrogens is 3. The van der Waals surface area contributed by atoms with E-state index in [1.807, 2.05) is 34.9 Å². The maximum atomic E-state index is 4.75. The van der Waals surface area contributed by atoms with Crippen molar-refractivity contribution in [2.75, 3.05) is 5.32 Å². The highest BCUT2D eigenvalue weighted by molar-refractivity contribution is 5.80. The van der Waals surface area contributed by atoms with Gasteiger partial charge < -0.3 is 5.32 Å². The molecule has 0 atom stereocenters. The van der Waals surface area contributed by atoms with Crippen molar-refractivity contribution in [3.05, 3.63) is 78.1 Å². The number of anilines is 2. The van der Waals surface area contributed by atoms with Gasteiger partial charge in [-0.3, -0.25) is 4.40 Å². The molecule has 0 bridgehead atoms. The van der Waals surface area contributed by atoms with Gasteiger partial charge >= 0.3 is 0 Å². The highest BCUT2D eigenvalue weighted by atomic mass is 15.2. The van der Waals surface area contributed by atoms with Crippen LogP contribution in [0.4, 0.5) is 11.5 Å². The van der Waals surface area contributed by atoms with Crippen molar-refractivity contribution in [1.82, 2.24) is 14.4 Å². The van der Waals surface area contributed by atoms with Crippen molar-refractivity contribution in [3.8, 4) is 11.3 Å². The first-order chi connectivity index (χ1) is 12.3. The summed E-state index contributed by atoms with van der Waals surface area (Å²) >= 11 is 0. The first-order valence-corrected chi connectivity index (χ1v) is 8.52. The fourth-order valence-electron chi connectivity index (χ4n) is 3.12. The molecule has 4 heteroatoms. The van der Waals surface area contributed by atoms with Crippen LogP contribution in [0.1, 0.15) is 18.1 Å². The highest BCUT2D eigenvalue weighted by Gasteiger charge is 2.16. The summed E-state index contributed by atoms with van der Waals surface area (Å²) in [6.07, 6.45) is 4.74. The van der Waals surface area contributed by atoms with Gasteiger partial charge in [0.1, 0.15) is 11.5 Å². The fourth-order valence-corrected chi connectivity index (χ4v) is 3.12. The predicted molar refractivity (Wildman–Crippen MR) is 102 cm³/mol. The van der Waals surface area contributed by atoms with E-state index in [0.29, 0.717) is 5.78 Å². The second-order valence-electron chi connectivity index (χ2n) is 6.05. The number of fused-ring (bicyclic) bond motifs is 1. The number of imidazole rings is 1. The number of nitrogens with zero attached hydrogens (tertiary/aromatic N) is 3. The second-order valence-corrected chi connectivity index (χ2v) is 6.05. The molecule has 1 N–H and O–H groups in total. The van der Waals surface area contributed by atoms with Gasteiger partial charge in [-0.2, -0.15) is 0 Å². The van der Waals surface area contributed by atoms with Crippen LogP contribution in [0.15, 0.2) is 67.0 Å². The maximum absolute atomic E-state index is 4.75. The molecule has 0 radical (unpaired) electrons. The quantitative estimate of drug-likeness (QED) is 0.572. The molecule has 0 aliphatic carbocycles. The Morgan fingerprint density at radius 2 is 1.84 bits per heavy atom. The monoisotopic (exact) mass is 328 g/mol. The van der Waals surface area contributed by atoms with Gasteiger partial charge in [0.05, 0.1) is 0 Å². The summed E-state index contributed by atoms with van der Waals surface area (Å²) in [5.74, 6) is 1.63. The summed E-state index contributed by atoms with van der Waals surface area (Å²) in [4.78, 5) is 9.16. The molecular formula is C21H20N4. The Hall–Kier alpha value is -3.14. The van der Waals surface area contributed by atoms with E-state index in [2.05, 4.69) is 54.5 Å². The number of hydrogen-bond donors (Lipinski definition) is 1. The Kier molecular flexibility index (Phi) is 3.94. The van der Waals surface area contributed by atoms with Crippen LogP contribution in [-0.2, 0) is 6.42 Å². The number of nitrogens with one attached hydrogen (secondary N) is 1. The number of hydrogen-bond acceptors (Lipinski definition) is 3. The molecule has 0 aliphatic rings. The summed E-state index contributed by atoms with van der Waals surface area (Å²) in [6.45, 7) is 4.30. The third-order valence-electron chi connectivity index (χ3n) is 4.43. The summed E-state index contributed by atoms with van der Waals surface area (Å²) in [5, 5.41) is 3.64. The molecule has 0 saturated heterocycles. The van der Waals surface area contributed by atoms with Crippen LogP contribution in [0, 0.1) is 6.92 Å². The number of benzene rings is 2. The first-order valence-electron chi connectivity index (χ1n) is 8.52. The van der Waals surface area contributed by atoms with E-state index in [0.717, 1.165) is 29.2 Å². The van der Waals surface area contributed by atoms with E-state index in [4.69, 9.17) is 4.98 Å². The topological polar surface area (TPSA) is 42.2 Å². The summed E-state index contributed by atoms with van der Waals surface area (Å²) in [7, 11) is 0. The molecule has 25 heavy (non-hydrogen) atoms. The van der Waals surface area contributed by atoms with Crippen molar-refractivity contribution < 1.29 is 0 Å². The van der Waals surface area contributed by atoms with Gasteiger partial charge in [0.2, 0.25) is 5.78 Å². The van der Waals surface area contributed by atoms with E-state index in [1.165, 1.54) is 11.1 Å². The minimum Gasteiger partial charge on any atom is -0.339 e. The van der Waals surface area contributed by atoms with Crippen LogP contribution in [0.25, 0.3) is 17.0 Å². The Labute approximate surface area is 147 Å². The average Bonchev–Trinajstić information content (AvgIpc) is 3.03. The van der Waals surface area contributed by atoms with E-state index < -0.39 is 0 Å². The van der Waals surface area contributed by atoms with Crippen molar-refractivity contribution in [2.24, 2.45) is 0 Å². The highest BCUT2D eigenvalue weighted by Crippen LogP contribution is 2.33. The molecular weight excluding hydrogens is 308 g/mol. The number of rotatable bonds is 4. The maximum Gasteiger partial charge on any atom is 0.235 e. The Balaban J connectivity index is 1.92.